The second kappa shape index (κ2) is 7.50. The van der Waals surface area contributed by atoms with Gasteiger partial charge in [-0.05, 0) is 30.5 Å². The molecule has 0 atom stereocenters. The number of benzene rings is 1. The van der Waals surface area contributed by atoms with Gasteiger partial charge in [-0.2, -0.15) is 0 Å². The largest absolute Gasteiger partial charge is 0.508 e. The van der Waals surface area contributed by atoms with Crippen molar-refractivity contribution in [2.24, 2.45) is 0 Å². The van der Waals surface area contributed by atoms with Gasteiger partial charge in [0.1, 0.15) is 5.75 Å². The molecule has 1 aliphatic rings. The monoisotopic (exact) mass is 297 g/mol. The van der Waals surface area contributed by atoms with Crippen LogP contribution in [0.4, 0.5) is 0 Å². The highest BCUT2D eigenvalue weighted by molar-refractivity contribution is 6.17. The van der Waals surface area contributed by atoms with Crippen molar-refractivity contribution in [2.75, 3.05) is 25.6 Å². The molecular weight excluding hydrogens is 278 g/mol. The molecule has 0 unspecified atom stereocenters. The first-order valence-electron chi connectivity index (χ1n) is 6.92. The lowest BCUT2D eigenvalue weighted by atomic mass is 10.1. The number of ether oxygens (including phenoxy) is 1. The van der Waals surface area contributed by atoms with E-state index in [4.69, 9.17) is 16.3 Å². The molecule has 2 rings (SSSR count). The van der Waals surface area contributed by atoms with Crippen LogP contribution in [0, 0.1) is 0 Å². The van der Waals surface area contributed by atoms with Crippen LogP contribution in [0.2, 0.25) is 0 Å². The number of carbonyl (C=O) groups excluding carboxylic acids is 1. The fraction of sp³-hybridized carbons (Fsp3) is 0.533. The van der Waals surface area contributed by atoms with E-state index in [1.807, 2.05) is 11.0 Å². The van der Waals surface area contributed by atoms with Crippen LogP contribution in [-0.4, -0.2) is 47.6 Å². The van der Waals surface area contributed by atoms with Crippen LogP contribution in [0.5, 0.6) is 5.75 Å². The van der Waals surface area contributed by atoms with Gasteiger partial charge < -0.3 is 14.7 Å². The van der Waals surface area contributed by atoms with Gasteiger partial charge in [0.2, 0.25) is 5.91 Å². The molecule has 4 nitrogen and oxygen atoms in total. The highest BCUT2D eigenvalue weighted by Crippen LogP contribution is 2.16. The Morgan fingerprint density at radius 3 is 2.80 bits per heavy atom. The zero-order chi connectivity index (χ0) is 14.4. The third kappa shape index (κ3) is 4.39. The van der Waals surface area contributed by atoms with Gasteiger partial charge in [0.25, 0.3) is 0 Å². The Morgan fingerprint density at radius 2 is 2.15 bits per heavy atom. The number of hydrogen-bond donors (Lipinski definition) is 1. The van der Waals surface area contributed by atoms with Crippen molar-refractivity contribution in [3.05, 3.63) is 29.8 Å². The van der Waals surface area contributed by atoms with Crippen molar-refractivity contribution in [3.63, 3.8) is 0 Å². The average molecular weight is 298 g/mol. The van der Waals surface area contributed by atoms with E-state index >= 15 is 0 Å². The lowest BCUT2D eigenvalue weighted by Crippen LogP contribution is -2.41. The predicted molar refractivity (Wildman–Crippen MR) is 78.1 cm³/mol. The van der Waals surface area contributed by atoms with E-state index in [0.717, 1.165) is 31.5 Å². The zero-order valence-corrected chi connectivity index (χ0v) is 12.2. The van der Waals surface area contributed by atoms with Crippen molar-refractivity contribution >= 4 is 17.5 Å². The van der Waals surface area contributed by atoms with Crippen LogP contribution in [0.25, 0.3) is 0 Å². The Bertz CT molecular complexity index is 444. The second-order valence-electron chi connectivity index (χ2n) is 4.99. The van der Waals surface area contributed by atoms with Gasteiger partial charge in [0, 0.05) is 19.0 Å². The molecule has 0 spiro atoms. The minimum absolute atomic E-state index is 0.103. The number of rotatable bonds is 5. The molecule has 1 heterocycles. The molecule has 1 aromatic rings. The standard InChI is InChI=1S/C15H20ClNO3/c16-6-9-20-14-4-7-17(8-5-14)15(19)11-12-2-1-3-13(18)10-12/h1-3,10,14,18H,4-9,11H2. The van der Waals surface area contributed by atoms with E-state index in [1.165, 1.54) is 0 Å². The fourth-order valence-corrected chi connectivity index (χ4v) is 2.53. The predicted octanol–water partition coefficient (Wildman–Crippen LogP) is 2.18. The van der Waals surface area contributed by atoms with E-state index in [9.17, 15) is 9.90 Å². The summed E-state index contributed by atoms with van der Waals surface area (Å²) in [7, 11) is 0. The van der Waals surface area contributed by atoms with Crippen LogP contribution in [-0.2, 0) is 16.0 Å². The van der Waals surface area contributed by atoms with Crippen LogP contribution < -0.4 is 0 Å². The van der Waals surface area contributed by atoms with E-state index in [0.29, 0.717) is 18.9 Å². The third-order valence-corrected chi connectivity index (χ3v) is 3.65. The van der Waals surface area contributed by atoms with Crippen molar-refractivity contribution in [3.8, 4) is 5.75 Å². The summed E-state index contributed by atoms with van der Waals surface area (Å²) in [6.45, 7) is 2.03. The van der Waals surface area contributed by atoms with E-state index in [1.54, 1.807) is 18.2 Å². The van der Waals surface area contributed by atoms with E-state index < -0.39 is 0 Å². The summed E-state index contributed by atoms with van der Waals surface area (Å²) < 4.78 is 5.59. The first kappa shape index (κ1) is 15.1. The normalized spacial score (nSPS) is 16.4. The van der Waals surface area contributed by atoms with E-state index in [-0.39, 0.29) is 17.8 Å². The minimum Gasteiger partial charge on any atom is -0.508 e. The first-order valence-corrected chi connectivity index (χ1v) is 7.45. The number of phenols is 1. The molecule has 0 bridgehead atoms. The van der Waals surface area contributed by atoms with Crippen LogP contribution in [0.1, 0.15) is 18.4 Å². The van der Waals surface area contributed by atoms with Crippen LogP contribution in [0.3, 0.4) is 0 Å². The van der Waals surface area contributed by atoms with Crippen LogP contribution in [0.15, 0.2) is 24.3 Å². The third-order valence-electron chi connectivity index (χ3n) is 3.49. The maximum Gasteiger partial charge on any atom is 0.226 e. The highest BCUT2D eigenvalue weighted by Gasteiger charge is 2.23. The minimum atomic E-state index is 0.103. The van der Waals surface area contributed by atoms with Crippen molar-refractivity contribution in [1.29, 1.82) is 0 Å². The summed E-state index contributed by atoms with van der Waals surface area (Å²) in [5, 5.41) is 9.40. The maximum atomic E-state index is 12.2. The quantitative estimate of drug-likeness (QED) is 0.848. The molecule has 1 amide bonds. The Labute approximate surface area is 124 Å². The van der Waals surface area contributed by atoms with Gasteiger partial charge >= 0.3 is 0 Å². The first-order chi connectivity index (χ1) is 9.69. The van der Waals surface area contributed by atoms with Gasteiger partial charge in [0.15, 0.2) is 0 Å². The smallest absolute Gasteiger partial charge is 0.226 e. The van der Waals surface area contributed by atoms with Gasteiger partial charge in [-0.25, -0.2) is 0 Å². The Balaban J connectivity index is 1.80. The summed E-state index contributed by atoms with van der Waals surface area (Å²) in [5.41, 5.74) is 0.843. The van der Waals surface area contributed by atoms with Gasteiger partial charge in [-0.3, -0.25) is 4.79 Å². The number of aromatic hydroxyl groups is 1. The summed E-state index contributed by atoms with van der Waals surface area (Å²) in [5.74, 6) is 0.811. The maximum absolute atomic E-state index is 12.2. The van der Waals surface area contributed by atoms with Gasteiger partial charge in [-0.1, -0.05) is 12.1 Å². The second-order valence-corrected chi connectivity index (χ2v) is 5.36. The Hall–Kier alpha value is -1.26. The topological polar surface area (TPSA) is 49.8 Å². The molecule has 0 radical (unpaired) electrons. The summed E-state index contributed by atoms with van der Waals surface area (Å²) >= 11 is 5.59. The Morgan fingerprint density at radius 1 is 1.40 bits per heavy atom. The Kier molecular flexibility index (Phi) is 5.68. The molecule has 1 aliphatic heterocycles. The lowest BCUT2D eigenvalue weighted by Gasteiger charge is -2.32. The zero-order valence-electron chi connectivity index (χ0n) is 11.4. The molecule has 1 aromatic carbocycles. The number of alkyl halides is 1. The highest BCUT2D eigenvalue weighted by atomic mass is 35.5. The molecule has 1 saturated heterocycles. The molecule has 1 fully saturated rings. The number of phenolic OH excluding ortho intramolecular Hbond substituents is 1. The molecule has 0 aliphatic carbocycles. The average Bonchev–Trinajstić information content (AvgIpc) is 2.45. The van der Waals surface area contributed by atoms with Crippen LogP contribution >= 0.6 is 11.6 Å². The summed E-state index contributed by atoms with van der Waals surface area (Å²) in [6.07, 6.45) is 2.28. The van der Waals surface area contributed by atoms with Crippen molar-refractivity contribution in [2.45, 2.75) is 25.4 Å². The molecule has 110 valence electrons. The van der Waals surface area contributed by atoms with E-state index in [2.05, 4.69) is 0 Å². The molecular formula is C15H20ClNO3. The summed E-state index contributed by atoms with van der Waals surface area (Å²) in [6, 6.07) is 6.85. The number of likely N-dealkylation sites (tertiary alicyclic amines) is 1. The van der Waals surface area contributed by atoms with Crippen molar-refractivity contribution in [1.82, 2.24) is 4.90 Å². The number of carbonyl (C=O) groups is 1. The molecule has 0 aromatic heterocycles. The lowest BCUT2D eigenvalue weighted by molar-refractivity contribution is -0.133. The molecule has 5 heteroatoms. The SMILES string of the molecule is O=C(Cc1cccc(O)c1)N1CCC(OCCCl)CC1. The number of piperidine rings is 1. The number of nitrogens with zero attached hydrogens (tertiary/aromatic N) is 1. The number of amides is 1. The molecule has 20 heavy (non-hydrogen) atoms. The molecule has 0 saturated carbocycles. The summed E-state index contributed by atoms with van der Waals surface area (Å²) in [4.78, 5) is 14.0. The number of hydrogen-bond acceptors (Lipinski definition) is 3. The fourth-order valence-electron chi connectivity index (χ4n) is 2.44. The van der Waals surface area contributed by atoms with Gasteiger partial charge in [-0.15, -0.1) is 11.6 Å². The molecule has 1 N–H and O–H groups in total. The number of halogens is 1. The van der Waals surface area contributed by atoms with Crippen molar-refractivity contribution < 1.29 is 14.6 Å². The van der Waals surface area contributed by atoms with Gasteiger partial charge in [0.05, 0.1) is 19.1 Å².